The Morgan fingerprint density at radius 3 is 3.10 bits per heavy atom. The number of aliphatic hydroxyl groups excluding tert-OH is 1. The molecule has 1 aliphatic heterocycles. The summed E-state index contributed by atoms with van der Waals surface area (Å²) in [6.07, 6.45) is 3.86. The molecule has 6 nitrogen and oxygen atoms in total. The van der Waals surface area contributed by atoms with E-state index in [0.717, 1.165) is 32.2 Å². The predicted octanol–water partition coefficient (Wildman–Crippen LogP) is 1.53. The summed E-state index contributed by atoms with van der Waals surface area (Å²) in [5, 5.41) is 13.2. The van der Waals surface area contributed by atoms with Crippen LogP contribution >= 0.6 is 11.3 Å². The zero-order chi connectivity index (χ0) is 14.5. The third-order valence-electron chi connectivity index (χ3n) is 3.47. The lowest BCUT2D eigenvalue weighted by atomic mass is 10.0. The number of likely N-dealkylation sites (tertiary alicyclic amines) is 1. The monoisotopic (exact) mass is 298 g/mol. The molecule has 0 aromatic carbocycles. The highest BCUT2D eigenvalue weighted by atomic mass is 32.1. The molecule has 1 amide bonds. The van der Waals surface area contributed by atoms with Crippen molar-refractivity contribution in [2.45, 2.75) is 38.6 Å². The van der Waals surface area contributed by atoms with Crippen LogP contribution in [-0.4, -0.2) is 46.6 Å². The lowest BCUT2D eigenvalue weighted by molar-refractivity contribution is 0.0508. The largest absolute Gasteiger partial charge is 0.394 e. The Balaban J connectivity index is 2.13. The minimum absolute atomic E-state index is 0.00535. The summed E-state index contributed by atoms with van der Waals surface area (Å²) in [5.74, 6) is 0.171. The van der Waals surface area contributed by atoms with Crippen LogP contribution in [0.1, 0.15) is 42.3 Å². The molecule has 1 saturated heterocycles. The first kappa shape index (κ1) is 15.1. The van der Waals surface area contributed by atoms with Crippen molar-refractivity contribution in [1.82, 2.24) is 9.88 Å². The Bertz CT molecular complexity index is 463. The standard InChI is InChI=1S/C13H22N4O2S/c1-2-6-15-13-16-11(14)10(20-13)12(19)17-7-4-3-5-9(17)8-18/h9,18H,2-8,14H2,1H3,(H,15,16). The summed E-state index contributed by atoms with van der Waals surface area (Å²) in [7, 11) is 0. The molecule has 1 fully saturated rings. The first-order valence-corrected chi connectivity index (χ1v) is 7.91. The van der Waals surface area contributed by atoms with E-state index in [0.29, 0.717) is 16.6 Å². The second kappa shape index (κ2) is 6.90. The molecule has 4 N–H and O–H groups in total. The number of nitrogens with two attached hydrogens (primary N) is 1. The molecule has 20 heavy (non-hydrogen) atoms. The highest BCUT2D eigenvalue weighted by Crippen LogP contribution is 2.28. The van der Waals surface area contributed by atoms with E-state index in [9.17, 15) is 9.90 Å². The molecule has 1 atom stereocenters. The zero-order valence-corrected chi connectivity index (χ0v) is 12.6. The molecule has 0 saturated carbocycles. The van der Waals surface area contributed by atoms with Gasteiger partial charge < -0.3 is 21.1 Å². The normalized spacial score (nSPS) is 19.1. The lowest BCUT2D eigenvalue weighted by Crippen LogP contribution is -2.45. The molecule has 0 bridgehead atoms. The van der Waals surface area contributed by atoms with E-state index < -0.39 is 0 Å². The van der Waals surface area contributed by atoms with E-state index >= 15 is 0 Å². The smallest absolute Gasteiger partial charge is 0.268 e. The Labute approximate surface area is 123 Å². The number of anilines is 2. The minimum atomic E-state index is -0.108. The number of piperidine rings is 1. The lowest BCUT2D eigenvalue weighted by Gasteiger charge is -2.34. The van der Waals surface area contributed by atoms with Crippen LogP contribution in [0.3, 0.4) is 0 Å². The van der Waals surface area contributed by atoms with Crippen LogP contribution in [0.15, 0.2) is 0 Å². The van der Waals surface area contributed by atoms with Crippen LogP contribution in [0.5, 0.6) is 0 Å². The van der Waals surface area contributed by atoms with Gasteiger partial charge in [0.2, 0.25) is 0 Å². The molecule has 112 valence electrons. The van der Waals surface area contributed by atoms with Crippen molar-refractivity contribution in [2.75, 3.05) is 30.7 Å². The van der Waals surface area contributed by atoms with Crippen molar-refractivity contribution in [2.24, 2.45) is 0 Å². The number of rotatable bonds is 5. The highest BCUT2D eigenvalue weighted by Gasteiger charge is 2.29. The maximum atomic E-state index is 12.6. The molecule has 7 heteroatoms. The Morgan fingerprint density at radius 2 is 2.40 bits per heavy atom. The summed E-state index contributed by atoms with van der Waals surface area (Å²) in [6, 6.07) is -0.0928. The molecule has 1 aromatic rings. The fourth-order valence-corrected chi connectivity index (χ4v) is 3.25. The van der Waals surface area contributed by atoms with Gasteiger partial charge in [-0.25, -0.2) is 4.98 Å². The number of aliphatic hydroxyl groups is 1. The zero-order valence-electron chi connectivity index (χ0n) is 11.8. The van der Waals surface area contributed by atoms with Crippen molar-refractivity contribution >= 4 is 28.2 Å². The fraction of sp³-hybridized carbons (Fsp3) is 0.692. The van der Waals surface area contributed by atoms with Gasteiger partial charge in [-0.2, -0.15) is 0 Å². The number of thiazole rings is 1. The van der Waals surface area contributed by atoms with Gasteiger partial charge in [0.15, 0.2) is 5.13 Å². The van der Waals surface area contributed by atoms with Gasteiger partial charge >= 0.3 is 0 Å². The van der Waals surface area contributed by atoms with E-state index in [4.69, 9.17) is 5.73 Å². The van der Waals surface area contributed by atoms with Crippen molar-refractivity contribution in [1.29, 1.82) is 0 Å². The summed E-state index contributed by atoms with van der Waals surface area (Å²) in [6.45, 7) is 3.56. The molecule has 1 unspecified atom stereocenters. The molecule has 2 heterocycles. The topological polar surface area (TPSA) is 91.5 Å². The third kappa shape index (κ3) is 3.21. The first-order chi connectivity index (χ1) is 9.67. The Morgan fingerprint density at radius 1 is 1.60 bits per heavy atom. The van der Waals surface area contributed by atoms with Crippen LogP contribution in [0.4, 0.5) is 10.9 Å². The van der Waals surface area contributed by atoms with Gasteiger partial charge in [-0.1, -0.05) is 18.3 Å². The number of nitrogens with one attached hydrogen (secondary N) is 1. The average molecular weight is 298 g/mol. The van der Waals surface area contributed by atoms with Crippen LogP contribution in [-0.2, 0) is 0 Å². The average Bonchev–Trinajstić information content (AvgIpc) is 2.85. The summed E-state index contributed by atoms with van der Waals surface area (Å²) >= 11 is 1.29. The Hall–Kier alpha value is -1.34. The van der Waals surface area contributed by atoms with Crippen LogP contribution in [0.25, 0.3) is 0 Å². The van der Waals surface area contributed by atoms with Gasteiger partial charge in [0.1, 0.15) is 10.7 Å². The van der Waals surface area contributed by atoms with Gasteiger partial charge in [0.05, 0.1) is 12.6 Å². The van der Waals surface area contributed by atoms with Crippen LogP contribution in [0.2, 0.25) is 0 Å². The number of carbonyl (C=O) groups is 1. The second-order valence-corrected chi connectivity index (χ2v) is 5.99. The third-order valence-corrected chi connectivity index (χ3v) is 4.49. The first-order valence-electron chi connectivity index (χ1n) is 7.09. The molecule has 2 rings (SSSR count). The molecule has 0 aliphatic carbocycles. The number of hydrogen-bond acceptors (Lipinski definition) is 6. The van der Waals surface area contributed by atoms with Gasteiger partial charge in [-0.05, 0) is 25.7 Å². The molecule has 1 aliphatic rings. The highest BCUT2D eigenvalue weighted by molar-refractivity contribution is 7.18. The SMILES string of the molecule is CCCNc1nc(N)c(C(=O)N2CCCCC2CO)s1. The Kier molecular flexibility index (Phi) is 5.19. The number of aromatic nitrogens is 1. The maximum absolute atomic E-state index is 12.6. The van der Waals surface area contributed by atoms with Gasteiger partial charge in [0.25, 0.3) is 5.91 Å². The van der Waals surface area contributed by atoms with E-state index in [1.165, 1.54) is 11.3 Å². The quantitative estimate of drug-likeness (QED) is 0.767. The maximum Gasteiger partial charge on any atom is 0.268 e. The van der Waals surface area contributed by atoms with Gasteiger partial charge in [-0.15, -0.1) is 0 Å². The second-order valence-electron chi connectivity index (χ2n) is 4.99. The van der Waals surface area contributed by atoms with Crippen molar-refractivity contribution in [3.8, 4) is 0 Å². The fourth-order valence-electron chi connectivity index (χ4n) is 2.38. The van der Waals surface area contributed by atoms with E-state index in [1.807, 2.05) is 0 Å². The van der Waals surface area contributed by atoms with Crippen molar-refractivity contribution in [3.63, 3.8) is 0 Å². The summed E-state index contributed by atoms with van der Waals surface area (Å²) in [4.78, 5) is 19.0. The molecule has 1 aromatic heterocycles. The summed E-state index contributed by atoms with van der Waals surface area (Å²) < 4.78 is 0. The van der Waals surface area contributed by atoms with Crippen LogP contribution in [0, 0.1) is 0 Å². The number of carbonyl (C=O) groups excluding carboxylic acids is 1. The summed E-state index contributed by atoms with van der Waals surface area (Å²) in [5.41, 5.74) is 5.86. The number of nitrogen functional groups attached to an aromatic ring is 1. The van der Waals surface area contributed by atoms with Gasteiger partial charge in [0, 0.05) is 13.1 Å². The molecule has 0 spiro atoms. The van der Waals surface area contributed by atoms with E-state index in [2.05, 4.69) is 17.2 Å². The van der Waals surface area contributed by atoms with Crippen molar-refractivity contribution in [3.05, 3.63) is 4.88 Å². The minimum Gasteiger partial charge on any atom is -0.394 e. The molecular formula is C13H22N4O2S. The van der Waals surface area contributed by atoms with E-state index in [1.54, 1.807) is 4.90 Å². The molecular weight excluding hydrogens is 276 g/mol. The molecule has 0 radical (unpaired) electrons. The van der Waals surface area contributed by atoms with Gasteiger partial charge in [-0.3, -0.25) is 4.79 Å². The predicted molar refractivity (Wildman–Crippen MR) is 81.1 cm³/mol. The van der Waals surface area contributed by atoms with E-state index in [-0.39, 0.29) is 24.4 Å². The number of nitrogens with zero attached hydrogens (tertiary/aromatic N) is 2. The van der Waals surface area contributed by atoms with Crippen LogP contribution < -0.4 is 11.1 Å². The van der Waals surface area contributed by atoms with Crippen molar-refractivity contribution < 1.29 is 9.90 Å². The number of amides is 1. The number of hydrogen-bond donors (Lipinski definition) is 3.